The van der Waals surface area contributed by atoms with E-state index in [-0.39, 0.29) is 118 Å². The molecule has 2 aromatic heterocycles. The number of hydrogen-bond acceptors (Lipinski definition) is 22. The van der Waals surface area contributed by atoms with Gasteiger partial charge in [0, 0.05) is 62.1 Å². The van der Waals surface area contributed by atoms with Crippen LogP contribution in [0.15, 0.2) is 60.7 Å². The van der Waals surface area contributed by atoms with Crippen molar-refractivity contribution in [1.82, 2.24) is 9.97 Å². The van der Waals surface area contributed by atoms with Crippen LogP contribution in [-0.2, 0) is 42.4 Å². The molecule has 84 heavy (non-hydrogen) atoms. The van der Waals surface area contributed by atoms with Crippen molar-refractivity contribution in [3.63, 3.8) is 0 Å². The SMILES string of the molecule is O=S(=O)=O.O=S(=O)=O.O=S(=O)=O.O=S(=O)=O.[CH2-]c1ccc(N(CCCC)CCCC)cc1OC.[CH2-]c1ccc(N(CCCC)CCCC)nc1OC.[CH2-]c1ccc(NCCCC)cc1OC.[CH2-]c1ccc(NCCCC)nc1OC.[Na+].[Na+].[Na+].[Na+]. The predicted octanol–water partition coefficient (Wildman–Crippen LogP) is -2.46. The molecule has 4 rings (SSSR count). The minimum absolute atomic E-state index is 0. The van der Waals surface area contributed by atoms with Crippen LogP contribution >= 0.6 is 0 Å². The fraction of sp³-hybridized carbons (Fsp3) is 0.519. The zero-order chi connectivity index (χ0) is 61.8. The van der Waals surface area contributed by atoms with E-state index in [0.717, 1.165) is 96.8 Å². The Hall–Kier alpha value is -2.90. The van der Waals surface area contributed by atoms with Crippen molar-refractivity contribution in [1.29, 1.82) is 0 Å². The summed E-state index contributed by atoms with van der Waals surface area (Å²) in [5.74, 6) is 4.79. The van der Waals surface area contributed by atoms with Gasteiger partial charge in [0.2, 0.25) is 0 Å². The van der Waals surface area contributed by atoms with Gasteiger partial charge in [0.1, 0.15) is 23.4 Å². The molecule has 0 bridgehead atoms. The molecule has 0 radical (unpaired) electrons. The average Bonchev–Trinajstić information content (AvgIpc) is 3.40. The van der Waals surface area contributed by atoms with E-state index in [1.165, 1.54) is 76.3 Å². The quantitative estimate of drug-likeness (QED) is 0.0374. The summed E-state index contributed by atoms with van der Waals surface area (Å²) in [6.45, 7) is 35.1. The van der Waals surface area contributed by atoms with Crippen molar-refractivity contribution in [2.75, 3.05) is 88.1 Å². The van der Waals surface area contributed by atoms with E-state index in [1.54, 1.807) is 28.4 Å². The molecule has 2 N–H and O–H groups in total. The Morgan fingerprint density at radius 2 is 0.738 bits per heavy atom. The van der Waals surface area contributed by atoms with Crippen molar-refractivity contribution < 1.29 is 188 Å². The topological polar surface area (TPSA) is 298 Å². The minimum Gasteiger partial charge on any atom is -0.554 e. The Kier molecular flexibility index (Phi) is 76.6. The fourth-order valence-corrected chi connectivity index (χ4v) is 6.25. The van der Waals surface area contributed by atoms with E-state index in [2.05, 4.69) is 112 Å². The van der Waals surface area contributed by atoms with Crippen molar-refractivity contribution in [2.24, 2.45) is 0 Å². The minimum atomic E-state index is -3.11. The molecule has 0 aliphatic carbocycles. The van der Waals surface area contributed by atoms with Gasteiger partial charge in [0.15, 0.2) is 0 Å². The molecule has 2 aromatic carbocycles. The standard InChI is InChI=1S/C16H26NO.C15H25N2O.C12H18NO.C11H17N2O.4Na.4O3S/c1-5-7-11-17(12-8-6-2)15-10-9-14(3)16(13-15)18-4;1-5-7-11-17(12-8-6-2)14-10-9-13(3)15(16-14)18-4;1-4-5-8-13-11-7-6-10(2)12(9-11)14-3;1-4-5-8-12-10-7-6-9(2)11(13-10)14-3;;;;;4*1-4(2)3/h9-10,13H,3,5-8,11-12H2,1-2,4H3;9-10H,3,5-8,11-12H2,1-2,4H3;6-7,9,13H,2,4-5,8H2,1,3H3;6-7H,2,4-5,8H2,1,3H3,(H,12,13);;;;;;;;/q4*-1;4*+1;;;;. The zero-order valence-corrected chi connectivity index (χ0v) is 63.5. The molecule has 0 saturated heterocycles. The fourth-order valence-electron chi connectivity index (χ4n) is 6.25. The van der Waals surface area contributed by atoms with Gasteiger partial charge in [0.25, 0.3) is 0 Å². The number of anilines is 4. The normalized spacial score (nSPS) is 8.88. The van der Waals surface area contributed by atoms with Crippen LogP contribution in [0.5, 0.6) is 23.3 Å². The maximum absolute atomic E-state index is 8.44. The van der Waals surface area contributed by atoms with Crippen LogP contribution < -0.4 is 158 Å². The second kappa shape index (κ2) is 66.1. The molecule has 0 aliphatic heterocycles. The maximum atomic E-state index is 8.44. The first kappa shape index (κ1) is 97.4. The van der Waals surface area contributed by atoms with Gasteiger partial charge in [0.05, 0.1) is 28.4 Å². The summed E-state index contributed by atoms with van der Waals surface area (Å²) < 4.78 is 122. The Morgan fingerprint density at radius 1 is 0.405 bits per heavy atom. The number of benzene rings is 2. The predicted molar refractivity (Wildman–Crippen MR) is 315 cm³/mol. The molecule has 2 heterocycles. The number of nitrogens with zero attached hydrogens (tertiary/aromatic N) is 4. The van der Waals surface area contributed by atoms with Crippen LogP contribution in [0, 0.1) is 27.7 Å². The van der Waals surface area contributed by atoms with Gasteiger partial charge >= 0.3 is 161 Å². The number of hydrogen-bond donors (Lipinski definition) is 2. The largest absolute Gasteiger partial charge is 1.00 e. The Labute approximate surface area is 596 Å². The first-order valence-corrected chi connectivity index (χ1v) is 29.7. The van der Waals surface area contributed by atoms with Crippen molar-refractivity contribution in [3.8, 4) is 23.3 Å². The van der Waals surface area contributed by atoms with E-state index >= 15 is 0 Å². The van der Waals surface area contributed by atoms with Crippen molar-refractivity contribution in [2.45, 2.75) is 119 Å². The van der Waals surface area contributed by atoms with Crippen LogP contribution in [0.3, 0.4) is 0 Å². The van der Waals surface area contributed by atoms with Crippen molar-refractivity contribution >= 4 is 65.4 Å². The van der Waals surface area contributed by atoms with Gasteiger partial charge in [-0.2, -0.15) is 63.1 Å². The smallest absolute Gasteiger partial charge is 0.554 e. The van der Waals surface area contributed by atoms with Gasteiger partial charge in [-0.25, -0.2) is 0 Å². The van der Waals surface area contributed by atoms with E-state index in [1.807, 2.05) is 48.5 Å². The molecule has 0 aliphatic rings. The number of ether oxygens (including phenoxy) is 4. The molecule has 4 aromatic rings. The molecule has 0 unspecified atom stereocenters. The molecular formula is C54H86N6Na4O16S4. The Morgan fingerprint density at radius 3 is 1.12 bits per heavy atom. The summed E-state index contributed by atoms with van der Waals surface area (Å²) in [7, 11) is -5.83. The van der Waals surface area contributed by atoms with Gasteiger partial charge < -0.3 is 39.4 Å². The zero-order valence-electron chi connectivity index (χ0n) is 52.3. The second-order valence-corrected chi connectivity index (χ2v) is 18.1. The van der Waals surface area contributed by atoms with E-state index in [4.69, 9.17) is 69.5 Å². The number of aromatic nitrogens is 2. The Balaban J connectivity index is -0.000000139. The molecular weight excluding hydrogens is 1210 g/mol. The molecule has 22 nitrogen and oxygen atoms in total. The van der Waals surface area contributed by atoms with Crippen LogP contribution in [0.25, 0.3) is 0 Å². The van der Waals surface area contributed by atoms with Crippen LogP contribution in [0.1, 0.15) is 141 Å². The van der Waals surface area contributed by atoms with E-state index in [0.29, 0.717) is 11.8 Å². The van der Waals surface area contributed by atoms with Crippen molar-refractivity contribution in [3.05, 3.63) is 111 Å². The molecule has 456 valence electrons. The molecule has 0 atom stereocenters. The van der Waals surface area contributed by atoms with Crippen LogP contribution in [0.2, 0.25) is 0 Å². The van der Waals surface area contributed by atoms with Crippen LogP contribution in [0.4, 0.5) is 23.0 Å². The summed E-state index contributed by atoms with van der Waals surface area (Å²) >= 11 is 0. The Bertz CT molecular complexity index is 2460. The molecule has 0 spiro atoms. The average molecular weight is 1300 g/mol. The van der Waals surface area contributed by atoms with Gasteiger partial charge in [-0.1, -0.05) is 116 Å². The molecule has 0 amide bonds. The summed E-state index contributed by atoms with van der Waals surface area (Å²) in [4.78, 5) is 13.6. The number of methoxy groups -OCH3 is 4. The first-order chi connectivity index (χ1) is 37.9. The van der Waals surface area contributed by atoms with E-state index < -0.39 is 42.4 Å². The third-order valence-corrected chi connectivity index (χ3v) is 10.3. The molecule has 0 fully saturated rings. The molecule has 0 saturated carbocycles. The monoisotopic (exact) mass is 1290 g/mol. The molecule has 30 heteroatoms. The maximum Gasteiger partial charge on any atom is 1.00 e. The summed E-state index contributed by atoms with van der Waals surface area (Å²) in [6.07, 6.45) is 14.4. The van der Waals surface area contributed by atoms with Gasteiger partial charge in [-0.3, -0.25) is 9.97 Å². The summed E-state index contributed by atoms with van der Waals surface area (Å²) in [5, 5.41) is 6.57. The number of unbranched alkanes of at least 4 members (excludes halogenated alkanes) is 6. The number of rotatable bonds is 26. The van der Waals surface area contributed by atoms with E-state index in [9.17, 15) is 0 Å². The first-order valence-electron chi connectivity index (χ1n) is 25.7. The van der Waals surface area contributed by atoms with Gasteiger partial charge in [-0.15, -0.1) is 61.6 Å². The third-order valence-electron chi connectivity index (χ3n) is 10.3. The van der Waals surface area contributed by atoms with Crippen LogP contribution in [-0.4, -0.2) is 128 Å². The number of nitrogens with one attached hydrogen (secondary N) is 2. The van der Waals surface area contributed by atoms with Gasteiger partial charge in [-0.05, 0) is 38.5 Å². The second-order valence-electron chi connectivity index (χ2n) is 16.5. The third kappa shape index (κ3) is 58.1. The summed E-state index contributed by atoms with van der Waals surface area (Å²) in [6, 6.07) is 20.1. The number of pyridine rings is 2. The summed E-state index contributed by atoms with van der Waals surface area (Å²) in [5.41, 5.74) is 5.88.